The third-order valence-electron chi connectivity index (χ3n) is 4.91. The summed E-state index contributed by atoms with van der Waals surface area (Å²) in [5.41, 5.74) is 1.66. The smallest absolute Gasteiger partial charge is 0.139 e. The first-order valence-corrected chi connectivity index (χ1v) is 7.82. The summed E-state index contributed by atoms with van der Waals surface area (Å²) in [6, 6.07) is 3.28. The molecule has 2 aliphatic carbocycles. The molecule has 2 aromatic rings. The van der Waals surface area contributed by atoms with Crippen LogP contribution in [0.2, 0.25) is 0 Å². The molecule has 100 valence electrons. The summed E-state index contributed by atoms with van der Waals surface area (Å²) in [5.74, 6) is 3.44. The molecule has 0 saturated heterocycles. The fourth-order valence-electron chi connectivity index (χ4n) is 4.03. The standard InChI is InChI=1S/C15H16BrFN2/c16-11-6-13-14(7-12(11)17)19-15(18-13)5-10-4-8-1-2-9(10)3-8/h6-10H,1-5H2,(H,18,19). The van der Waals surface area contributed by atoms with E-state index in [-0.39, 0.29) is 5.82 Å². The highest BCUT2D eigenvalue weighted by Crippen LogP contribution is 2.49. The van der Waals surface area contributed by atoms with Crippen LogP contribution in [0.4, 0.5) is 4.39 Å². The molecule has 0 radical (unpaired) electrons. The van der Waals surface area contributed by atoms with Crippen molar-refractivity contribution < 1.29 is 4.39 Å². The third-order valence-corrected chi connectivity index (χ3v) is 5.52. The van der Waals surface area contributed by atoms with Gasteiger partial charge in [0.2, 0.25) is 0 Å². The molecule has 0 spiro atoms. The number of nitrogens with zero attached hydrogens (tertiary/aromatic N) is 1. The van der Waals surface area contributed by atoms with Gasteiger partial charge in [0.05, 0.1) is 15.5 Å². The van der Waals surface area contributed by atoms with E-state index >= 15 is 0 Å². The summed E-state index contributed by atoms with van der Waals surface area (Å²) >= 11 is 3.21. The normalized spacial score (nSPS) is 29.5. The second-order valence-electron chi connectivity index (χ2n) is 6.11. The van der Waals surface area contributed by atoms with Crippen LogP contribution in [0.25, 0.3) is 11.0 Å². The van der Waals surface area contributed by atoms with Gasteiger partial charge in [-0.25, -0.2) is 9.37 Å². The van der Waals surface area contributed by atoms with Crippen molar-refractivity contribution in [3.63, 3.8) is 0 Å². The van der Waals surface area contributed by atoms with Crippen molar-refractivity contribution in [1.82, 2.24) is 9.97 Å². The van der Waals surface area contributed by atoms with Gasteiger partial charge in [0.15, 0.2) is 0 Å². The number of aromatic nitrogens is 2. The van der Waals surface area contributed by atoms with Crippen LogP contribution in [0.3, 0.4) is 0 Å². The number of H-pyrrole nitrogens is 1. The van der Waals surface area contributed by atoms with Gasteiger partial charge in [-0.3, -0.25) is 0 Å². The largest absolute Gasteiger partial charge is 0.342 e. The van der Waals surface area contributed by atoms with Gasteiger partial charge in [0.1, 0.15) is 11.6 Å². The minimum Gasteiger partial charge on any atom is -0.342 e. The minimum atomic E-state index is -0.234. The molecule has 2 fully saturated rings. The van der Waals surface area contributed by atoms with Crippen molar-refractivity contribution in [2.24, 2.45) is 17.8 Å². The molecule has 4 heteroatoms. The monoisotopic (exact) mass is 322 g/mol. The Hall–Kier alpha value is -0.900. The van der Waals surface area contributed by atoms with Gasteiger partial charge in [0, 0.05) is 12.5 Å². The topological polar surface area (TPSA) is 28.7 Å². The molecule has 1 aromatic heterocycles. The SMILES string of the molecule is Fc1cc2[nH]c(CC3CC4CCC3C4)nc2cc1Br. The molecule has 19 heavy (non-hydrogen) atoms. The van der Waals surface area contributed by atoms with Crippen molar-refractivity contribution in [3.05, 3.63) is 28.2 Å². The molecule has 0 amide bonds. The van der Waals surface area contributed by atoms with E-state index in [9.17, 15) is 4.39 Å². The Labute approximate surface area is 119 Å². The predicted molar refractivity (Wildman–Crippen MR) is 76.4 cm³/mol. The predicted octanol–water partition coefficient (Wildman–Crippen LogP) is 4.44. The fourth-order valence-corrected chi connectivity index (χ4v) is 4.36. The van der Waals surface area contributed by atoms with E-state index in [4.69, 9.17) is 0 Å². The van der Waals surface area contributed by atoms with E-state index in [0.717, 1.165) is 41.0 Å². The Morgan fingerprint density at radius 2 is 2.21 bits per heavy atom. The van der Waals surface area contributed by atoms with Crippen molar-refractivity contribution in [2.45, 2.75) is 32.1 Å². The maximum atomic E-state index is 13.5. The fraction of sp³-hybridized carbons (Fsp3) is 0.533. The Kier molecular flexibility index (Phi) is 2.69. The summed E-state index contributed by atoms with van der Waals surface area (Å²) in [6.45, 7) is 0. The van der Waals surface area contributed by atoms with Gasteiger partial charge >= 0.3 is 0 Å². The lowest BCUT2D eigenvalue weighted by molar-refractivity contribution is 0.327. The van der Waals surface area contributed by atoms with Gasteiger partial charge in [-0.2, -0.15) is 0 Å². The average molecular weight is 323 g/mol. The summed E-state index contributed by atoms with van der Waals surface area (Å²) in [5, 5.41) is 0. The van der Waals surface area contributed by atoms with E-state index < -0.39 is 0 Å². The van der Waals surface area contributed by atoms with Gasteiger partial charge in [-0.1, -0.05) is 6.42 Å². The number of halogens is 2. The summed E-state index contributed by atoms with van der Waals surface area (Å²) in [4.78, 5) is 7.89. The van der Waals surface area contributed by atoms with Crippen LogP contribution in [0.5, 0.6) is 0 Å². The maximum absolute atomic E-state index is 13.5. The molecule has 3 atom stereocenters. The van der Waals surface area contributed by atoms with E-state index in [1.54, 1.807) is 6.07 Å². The Morgan fingerprint density at radius 3 is 2.95 bits per heavy atom. The van der Waals surface area contributed by atoms with Gasteiger partial charge in [-0.05, 0) is 59.0 Å². The highest BCUT2D eigenvalue weighted by molar-refractivity contribution is 9.10. The lowest BCUT2D eigenvalue weighted by Crippen LogP contribution is -2.13. The Balaban J connectivity index is 1.61. The van der Waals surface area contributed by atoms with E-state index in [2.05, 4.69) is 25.9 Å². The molecule has 2 bridgehead atoms. The summed E-state index contributed by atoms with van der Waals surface area (Å²) < 4.78 is 14.0. The lowest BCUT2D eigenvalue weighted by atomic mass is 9.86. The van der Waals surface area contributed by atoms with Crippen molar-refractivity contribution >= 4 is 27.0 Å². The highest BCUT2D eigenvalue weighted by Gasteiger charge is 2.39. The quantitative estimate of drug-likeness (QED) is 0.869. The second kappa shape index (κ2) is 4.30. The van der Waals surface area contributed by atoms with Crippen LogP contribution < -0.4 is 0 Å². The Bertz CT molecular complexity index is 597. The maximum Gasteiger partial charge on any atom is 0.139 e. The first-order chi connectivity index (χ1) is 9.19. The van der Waals surface area contributed by atoms with Crippen LogP contribution in [0.15, 0.2) is 16.6 Å². The molecule has 1 aromatic carbocycles. The number of fused-ring (bicyclic) bond motifs is 3. The summed E-state index contributed by atoms with van der Waals surface area (Å²) in [6.07, 6.45) is 6.63. The number of nitrogens with one attached hydrogen (secondary N) is 1. The molecule has 2 aliphatic rings. The lowest BCUT2D eigenvalue weighted by Gasteiger charge is -2.20. The second-order valence-corrected chi connectivity index (χ2v) is 6.96. The summed E-state index contributed by atoms with van der Waals surface area (Å²) in [7, 11) is 0. The number of imidazole rings is 1. The van der Waals surface area contributed by atoms with Crippen LogP contribution in [-0.2, 0) is 6.42 Å². The van der Waals surface area contributed by atoms with Crippen LogP contribution in [0, 0.1) is 23.6 Å². The first kappa shape index (κ1) is 11.9. The zero-order chi connectivity index (χ0) is 13.0. The van der Waals surface area contributed by atoms with Crippen LogP contribution in [-0.4, -0.2) is 9.97 Å². The van der Waals surface area contributed by atoms with Gasteiger partial charge in [0.25, 0.3) is 0 Å². The van der Waals surface area contributed by atoms with Crippen molar-refractivity contribution in [3.8, 4) is 0 Å². The van der Waals surface area contributed by atoms with Crippen LogP contribution in [0.1, 0.15) is 31.5 Å². The van der Waals surface area contributed by atoms with Crippen molar-refractivity contribution in [2.75, 3.05) is 0 Å². The molecule has 1 N–H and O–H groups in total. The van der Waals surface area contributed by atoms with Crippen LogP contribution >= 0.6 is 15.9 Å². The minimum absolute atomic E-state index is 0.234. The molecular formula is C15H16BrFN2. The Morgan fingerprint density at radius 1 is 1.32 bits per heavy atom. The number of hydrogen-bond acceptors (Lipinski definition) is 1. The zero-order valence-electron chi connectivity index (χ0n) is 10.6. The zero-order valence-corrected chi connectivity index (χ0v) is 12.2. The van der Waals surface area contributed by atoms with E-state index in [1.165, 1.54) is 31.7 Å². The van der Waals surface area contributed by atoms with Gasteiger partial charge < -0.3 is 4.98 Å². The first-order valence-electron chi connectivity index (χ1n) is 7.02. The molecule has 2 saturated carbocycles. The molecule has 4 rings (SSSR count). The van der Waals surface area contributed by atoms with Gasteiger partial charge in [-0.15, -0.1) is 0 Å². The van der Waals surface area contributed by atoms with E-state index in [1.807, 2.05) is 0 Å². The molecular weight excluding hydrogens is 307 g/mol. The average Bonchev–Trinajstić information content (AvgIpc) is 3.05. The van der Waals surface area contributed by atoms with E-state index in [0.29, 0.717) is 4.47 Å². The molecule has 2 nitrogen and oxygen atoms in total. The molecule has 0 aliphatic heterocycles. The molecule has 3 unspecified atom stereocenters. The molecule has 1 heterocycles. The number of hydrogen-bond donors (Lipinski definition) is 1. The van der Waals surface area contributed by atoms with Crippen molar-refractivity contribution in [1.29, 1.82) is 0 Å². The number of aromatic amines is 1. The third kappa shape index (κ3) is 2.00. The highest BCUT2D eigenvalue weighted by atomic mass is 79.9. The number of rotatable bonds is 2. The number of benzene rings is 1.